The van der Waals surface area contributed by atoms with E-state index < -0.39 is 4.92 Å². The zero-order valence-corrected chi connectivity index (χ0v) is 10.3. The summed E-state index contributed by atoms with van der Waals surface area (Å²) in [4.78, 5) is 25.6. The van der Waals surface area contributed by atoms with Crippen molar-refractivity contribution in [1.82, 2.24) is 4.98 Å². The summed E-state index contributed by atoms with van der Waals surface area (Å²) < 4.78 is 0. The number of anilines is 1. The van der Waals surface area contributed by atoms with E-state index in [0.717, 1.165) is 0 Å². The van der Waals surface area contributed by atoms with E-state index in [1.54, 1.807) is 12.1 Å². The molecule has 0 atom stereocenters. The molecular formula is C12H8ClN3O3. The van der Waals surface area contributed by atoms with Crippen LogP contribution in [0.15, 0.2) is 42.6 Å². The number of nitro groups is 1. The van der Waals surface area contributed by atoms with Crippen molar-refractivity contribution in [1.29, 1.82) is 0 Å². The van der Waals surface area contributed by atoms with E-state index in [9.17, 15) is 14.9 Å². The average Bonchev–Trinajstić information content (AvgIpc) is 2.41. The Hall–Kier alpha value is -2.47. The van der Waals surface area contributed by atoms with Crippen molar-refractivity contribution >= 4 is 28.9 Å². The quantitative estimate of drug-likeness (QED) is 0.531. The zero-order chi connectivity index (χ0) is 13.8. The fourth-order valence-electron chi connectivity index (χ4n) is 1.39. The lowest BCUT2D eigenvalue weighted by molar-refractivity contribution is -0.384. The summed E-state index contributed by atoms with van der Waals surface area (Å²) in [6.07, 6.45) is 1.42. The van der Waals surface area contributed by atoms with Crippen LogP contribution in [0.4, 0.5) is 11.4 Å². The van der Waals surface area contributed by atoms with E-state index in [2.05, 4.69) is 10.3 Å². The highest BCUT2D eigenvalue weighted by Crippen LogP contribution is 2.14. The first-order valence-electron chi connectivity index (χ1n) is 5.23. The number of nitrogens with zero attached hydrogens (tertiary/aromatic N) is 2. The van der Waals surface area contributed by atoms with Crippen molar-refractivity contribution in [3.05, 3.63) is 63.4 Å². The summed E-state index contributed by atoms with van der Waals surface area (Å²) in [7, 11) is 0. The summed E-state index contributed by atoms with van der Waals surface area (Å²) in [6, 6.07) is 8.48. The maximum Gasteiger partial charge on any atom is 0.269 e. The van der Waals surface area contributed by atoms with Gasteiger partial charge in [0.15, 0.2) is 0 Å². The second kappa shape index (κ2) is 5.45. The van der Waals surface area contributed by atoms with E-state index in [1.165, 1.54) is 30.5 Å². The van der Waals surface area contributed by atoms with Gasteiger partial charge in [0.25, 0.3) is 11.6 Å². The second-order valence-corrected chi connectivity index (χ2v) is 4.01. The normalized spacial score (nSPS) is 9.95. The first-order chi connectivity index (χ1) is 9.06. The van der Waals surface area contributed by atoms with Crippen molar-refractivity contribution in [2.24, 2.45) is 0 Å². The lowest BCUT2D eigenvalue weighted by atomic mass is 10.2. The number of amides is 1. The van der Waals surface area contributed by atoms with E-state index in [4.69, 9.17) is 11.6 Å². The maximum atomic E-state index is 11.8. The number of aromatic nitrogens is 1. The van der Waals surface area contributed by atoms with Gasteiger partial charge in [-0.05, 0) is 24.3 Å². The van der Waals surface area contributed by atoms with Crippen LogP contribution in [-0.2, 0) is 0 Å². The van der Waals surface area contributed by atoms with Gasteiger partial charge in [-0.1, -0.05) is 11.6 Å². The van der Waals surface area contributed by atoms with Crippen LogP contribution in [0.2, 0.25) is 5.15 Å². The minimum Gasteiger partial charge on any atom is -0.321 e. The Kier molecular flexibility index (Phi) is 3.72. The lowest BCUT2D eigenvalue weighted by Gasteiger charge is -2.04. The third-order valence-corrected chi connectivity index (χ3v) is 2.55. The molecule has 0 saturated heterocycles. The van der Waals surface area contributed by atoms with Crippen molar-refractivity contribution in [2.45, 2.75) is 0 Å². The fourth-order valence-corrected chi connectivity index (χ4v) is 1.50. The Morgan fingerprint density at radius 2 is 1.89 bits per heavy atom. The molecule has 0 radical (unpaired) electrons. The molecule has 1 aromatic heterocycles. The van der Waals surface area contributed by atoms with Crippen molar-refractivity contribution in [2.75, 3.05) is 5.32 Å². The zero-order valence-electron chi connectivity index (χ0n) is 9.54. The lowest BCUT2D eigenvalue weighted by Crippen LogP contribution is -2.11. The van der Waals surface area contributed by atoms with Crippen LogP contribution in [0.25, 0.3) is 0 Å². The number of nitro benzene ring substituents is 1. The van der Waals surface area contributed by atoms with Gasteiger partial charge in [0.2, 0.25) is 0 Å². The third kappa shape index (κ3) is 3.26. The molecule has 0 saturated carbocycles. The molecule has 96 valence electrons. The average molecular weight is 278 g/mol. The number of carbonyl (C=O) groups is 1. The minimum atomic E-state index is -0.523. The van der Waals surface area contributed by atoms with Gasteiger partial charge in [0.05, 0.1) is 16.8 Å². The second-order valence-electron chi connectivity index (χ2n) is 3.63. The van der Waals surface area contributed by atoms with Crippen molar-refractivity contribution in [3.8, 4) is 0 Å². The molecule has 0 unspecified atom stereocenters. The summed E-state index contributed by atoms with van der Waals surface area (Å²) >= 11 is 5.62. The molecule has 1 amide bonds. The third-order valence-electron chi connectivity index (χ3n) is 2.33. The van der Waals surface area contributed by atoms with E-state index in [-0.39, 0.29) is 11.6 Å². The molecule has 0 aliphatic rings. The predicted octanol–water partition coefficient (Wildman–Crippen LogP) is 2.90. The largest absolute Gasteiger partial charge is 0.321 e. The monoisotopic (exact) mass is 277 g/mol. The molecule has 1 heterocycles. The Labute approximate surface area is 113 Å². The first-order valence-corrected chi connectivity index (χ1v) is 5.61. The smallest absolute Gasteiger partial charge is 0.269 e. The highest BCUT2D eigenvalue weighted by Gasteiger charge is 2.09. The number of halogens is 1. The number of non-ortho nitro benzene ring substituents is 1. The molecule has 0 spiro atoms. The highest BCUT2D eigenvalue weighted by molar-refractivity contribution is 6.29. The molecule has 0 bridgehead atoms. The van der Waals surface area contributed by atoms with Crippen LogP contribution in [0.3, 0.4) is 0 Å². The van der Waals surface area contributed by atoms with Gasteiger partial charge in [-0.25, -0.2) is 4.98 Å². The highest BCUT2D eigenvalue weighted by atomic mass is 35.5. The van der Waals surface area contributed by atoms with Crippen LogP contribution in [0, 0.1) is 10.1 Å². The summed E-state index contributed by atoms with van der Waals surface area (Å²) in [5.41, 5.74) is 0.748. The van der Waals surface area contributed by atoms with Crippen LogP contribution >= 0.6 is 11.6 Å². The first kappa shape index (κ1) is 13.0. The molecule has 7 heteroatoms. The molecule has 0 aliphatic carbocycles. The predicted molar refractivity (Wildman–Crippen MR) is 70.3 cm³/mol. The number of nitrogens with one attached hydrogen (secondary N) is 1. The van der Waals surface area contributed by atoms with Gasteiger partial charge in [0.1, 0.15) is 5.15 Å². The van der Waals surface area contributed by atoms with Gasteiger partial charge < -0.3 is 5.32 Å². The summed E-state index contributed by atoms with van der Waals surface area (Å²) in [6.45, 7) is 0. The van der Waals surface area contributed by atoms with Crippen LogP contribution in [0.5, 0.6) is 0 Å². The summed E-state index contributed by atoms with van der Waals surface area (Å²) in [5.74, 6) is -0.376. The van der Waals surface area contributed by atoms with Crippen molar-refractivity contribution < 1.29 is 9.72 Å². The molecule has 1 N–H and O–H groups in total. The number of hydrogen-bond acceptors (Lipinski definition) is 4. The Morgan fingerprint density at radius 1 is 1.21 bits per heavy atom. The SMILES string of the molecule is O=C(Nc1ccc(Cl)nc1)c1ccc([N+](=O)[O-])cc1. The Bertz CT molecular complexity index is 611. The topological polar surface area (TPSA) is 85.1 Å². The number of pyridine rings is 1. The molecule has 19 heavy (non-hydrogen) atoms. The number of benzene rings is 1. The van der Waals surface area contributed by atoms with Crippen LogP contribution < -0.4 is 5.32 Å². The number of hydrogen-bond donors (Lipinski definition) is 1. The molecule has 0 aliphatic heterocycles. The maximum absolute atomic E-state index is 11.8. The molecule has 1 aromatic carbocycles. The van der Waals surface area contributed by atoms with Gasteiger partial charge in [-0.3, -0.25) is 14.9 Å². The minimum absolute atomic E-state index is 0.0651. The summed E-state index contributed by atoms with van der Waals surface area (Å²) in [5, 5.41) is 13.4. The molecule has 2 rings (SSSR count). The van der Waals surface area contributed by atoms with Crippen LogP contribution in [0.1, 0.15) is 10.4 Å². The van der Waals surface area contributed by atoms with Gasteiger partial charge in [-0.15, -0.1) is 0 Å². The van der Waals surface area contributed by atoms with E-state index in [1.807, 2.05) is 0 Å². The van der Waals surface area contributed by atoms with Gasteiger partial charge >= 0.3 is 0 Å². The van der Waals surface area contributed by atoms with Gasteiger partial charge in [0, 0.05) is 17.7 Å². The fraction of sp³-hybridized carbons (Fsp3) is 0. The Balaban J connectivity index is 2.11. The number of carbonyl (C=O) groups excluding carboxylic acids is 1. The van der Waals surface area contributed by atoms with E-state index >= 15 is 0 Å². The molecule has 6 nitrogen and oxygen atoms in total. The molecule has 2 aromatic rings. The molecular weight excluding hydrogens is 270 g/mol. The van der Waals surface area contributed by atoms with Crippen LogP contribution in [-0.4, -0.2) is 15.8 Å². The van der Waals surface area contributed by atoms with E-state index in [0.29, 0.717) is 16.4 Å². The number of rotatable bonds is 3. The standard InChI is InChI=1S/C12H8ClN3O3/c13-11-6-3-9(7-14-11)15-12(17)8-1-4-10(5-2-8)16(18)19/h1-7H,(H,15,17). The Morgan fingerprint density at radius 3 is 2.42 bits per heavy atom. The van der Waals surface area contributed by atoms with Gasteiger partial charge in [-0.2, -0.15) is 0 Å². The molecule has 0 fully saturated rings. The van der Waals surface area contributed by atoms with Crippen molar-refractivity contribution in [3.63, 3.8) is 0 Å².